The number of nitrogens with zero attached hydrogens (tertiary/aromatic N) is 1. The number of carbonyl (C=O) groups is 1. The summed E-state index contributed by atoms with van der Waals surface area (Å²) in [5, 5.41) is 1.05. The van der Waals surface area contributed by atoms with Crippen molar-refractivity contribution in [2.75, 3.05) is 6.61 Å². The summed E-state index contributed by atoms with van der Waals surface area (Å²) in [5.41, 5.74) is 1.56. The average Bonchev–Trinajstić information content (AvgIpc) is 2.47. The van der Waals surface area contributed by atoms with Gasteiger partial charge in [-0.3, -0.25) is 9.78 Å². The Morgan fingerprint density at radius 2 is 2.22 bits per heavy atom. The largest absolute Gasteiger partial charge is 0.370 e. The predicted molar refractivity (Wildman–Crippen MR) is 69.7 cm³/mol. The zero-order valence-electron chi connectivity index (χ0n) is 10.1. The third-order valence-electron chi connectivity index (χ3n) is 3.36. The van der Waals surface area contributed by atoms with Crippen molar-refractivity contribution in [3.63, 3.8) is 0 Å². The first-order valence-corrected chi connectivity index (χ1v) is 6.35. The van der Waals surface area contributed by atoms with Crippen LogP contribution in [-0.4, -0.2) is 23.5 Å². The Morgan fingerprint density at radius 3 is 3.06 bits per heavy atom. The third kappa shape index (κ3) is 2.14. The lowest BCUT2D eigenvalue weighted by Crippen LogP contribution is -2.28. The number of hydrogen-bond acceptors (Lipinski definition) is 3. The summed E-state index contributed by atoms with van der Waals surface area (Å²) < 4.78 is 5.54. The van der Waals surface area contributed by atoms with Gasteiger partial charge in [0.15, 0.2) is 5.78 Å². The molecule has 0 radical (unpaired) electrons. The van der Waals surface area contributed by atoms with Crippen molar-refractivity contribution in [1.82, 2.24) is 4.98 Å². The third-order valence-corrected chi connectivity index (χ3v) is 3.36. The molecule has 0 amide bonds. The fourth-order valence-corrected chi connectivity index (χ4v) is 2.35. The minimum Gasteiger partial charge on any atom is -0.370 e. The molecular weight excluding hydrogens is 226 g/mol. The van der Waals surface area contributed by atoms with Crippen LogP contribution in [0, 0.1) is 0 Å². The summed E-state index contributed by atoms with van der Waals surface area (Å²) in [7, 11) is 0. The number of ether oxygens (including phenoxy) is 1. The van der Waals surface area contributed by atoms with Crippen molar-refractivity contribution >= 4 is 16.7 Å². The summed E-state index contributed by atoms with van der Waals surface area (Å²) in [5.74, 6) is 0.0854. The Balaban J connectivity index is 1.91. The maximum Gasteiger partial charge on any atom is 0.191 e. The Kier molecular flexibility index (Phi) is 3.07. The smallest absolute Gasteiger partial charge is 0.191 e. The number of benzene rings is 1. The van der Waals surface area contributed by atoms with Crippen LogP contribution in [0.4, 0.5) is 0 Å². The van der Waals surface area contributed by atoms with E-state index in [2.05, 4.69) is 4.98 Å². The second kappa shape index (κ2) is 4.86. The Morgan fingerprint density at radius 1 is 1.28 bits per heavy atom. The number of ketones is 1. The number of carbonyl (C=O) groups excluding carboxylic acids is 1. The molecular formula is C15H15NO2. The van der Waals surface area contributed by atoms with Gasteiger partial charge in [-0.25, -0.2) is 0 Å². The van der Waals surface area contributed by atoms with Crippen LogP contribution in [-0.2, 0) is 4.74 Å². The maximum absolute atomic E-state index is 12.3. The number of Topliss-reactive ketones (excluding diaryl/α,β-unsaturated/α-hetero) is 1. The van der Waals surface area contributed by atoms with E-state index >= 15 is 0 Å². The van der Waals surface area contributed by atoms with Crippen LogP contribution in [0.5, 0.6) is 0 Å². The van der Waals surface area contributed by atoms with E-state index in [-0.39, 0.29) is 11.9 Å². The number of aromatic nitrogens is 1. The molecule has 0 spiro atoms. The van der Waals surface area contributed by atoms with Gasteiger partial charge in [0.05, 0.1) is 5.52 Å². The Bertz CT molecular complexity index is 573. The molecule has 1 aromatic carbocycles. The molecule has 0 bridgehead atoms. The highest BCUT2D eigenvalue weighted by atomic mass is 16.5. The second-order valence-electron chi connectivity index (χ2n) is 4.63. The minimum atomic E-state index is -0.264. The number of fused-ring (bicyclic) bond motifs is 1. The van der Waals surface area contributed by atoms with Gasteiger partial charge in [0, 0.05) is 23.8 Å². The first-order valence-electron chi connectivity index (χ1n) is 6.35. The highest BCUT2D eigenvalue weighted by Gasteiger charge is 2.23. The molecule has 3 rings (SSSR count). The SMILES string of the molecule is O=C(c1ccc2cccnc2c1)C1CCCCO1. The molecule has 1 aliphatic heterocycles. The molecule has 1 aliphatic rings. The molecule has 1 unspecified atom stereocenters. The molecule has 3 heteroatoms. The molecule has 1 aromatic heterocycles. The Labute approximate surface area is 106 Å². The van der Waals surface area contributed by atoms with Gasteiger partial charge in [-0.05, 0) is 31.4 Å². The zero-order chi connectivity index (χ0) is 12.4. The van der Waals surface area contributed by atoms with E-state index in [1.54, 1.807) is 6.20 Å². The lowest BCUT2D eigenvalue weighted by Gasteiger charge is -2.21. The van der Waals surface area contributed by atoms with E-state index in [9.17, 15) is 4.79 Å². The summed E-state index contributed by atoms with van der Waals surface area (Å²) in [4.78, 5) is 16.6. The monoisotopic (exact) mass is 241 g/mol. The lowest BCUT2D eigenvalue weighted by atomic mass is 9.99. The standard InChI is InChI=1S/C15H15NO2/c17-15(14-5-1-2-9-18-14)12-7-6-11-4-3-8-16-13(11)10-12/h3-4,6-8,10,14H,1-2,5,9H2. The molecule has 1 fully saturated rings. The summed E-state index contributed by atoms with van der Waals surface area (Å²) in [6, 6.07) is 9.56. The lowest BCUT2D eigenvalue weighted by molar-refractivity contribution is 0.0186. The molecule has 0 N–H and O–H groups in total. The highest BCUT2D eigenvalue weighted by molar-refractivity contribution is 6.02. The normalized spacial score (nSPS) is 19.9. The van der Waals surface area contributed by atoms with E-state index < -0.39 is 0 Å². The first-order chi connectivity index (χ1) is 8.84. The van der Waals surface area contributed by atoms with Crippen molar-refractivity contribution in [3.05, 3.63) is 42.1 Å². The van der Waals surface area contributed by atoms with Crippen molar-refractivity contribution in [2.24, 2.45) is 0 Å². The molecule has 0 saturated carbocycles. The van der Waals surface area contributed by atoms with Crippen LogP contribution >= 0.6 is 0 Å². The molecule has 0 aliphatic carbocycles. The van der Waals surface area contributed by atoms with Crippen molar-refractivity contribution < 1.29 is 9.53 Å². The fraction of sp³-hybridized carbons (Fsp3) is 0.333. The van der Waals surface area contributed by atoms with E-state index in [1.165, 1.54) is 0 Å². The van der Waals surface area contributed by atoms with Crippen LogP contribution in [0.15, 0.2) is 36.5 Å². The molecule has 18 heavy (non-hydrogen) atoms. The summed E-state index contributed by atoms with van der Waals surface area (Å²) >= 11 is 0. The van der Waals surface area contributed by atoms with Gasteiger partial charge in [0.25, 0.3) is 0 Å². The first kappa shape index (κ1) is 11.4. The fourth-order valence-electron chi connectivity index (χ4n) is 2.35. The zero-order valence-corrected chi connectivity index (χ0v) is 10.1. The minimum absolute atomic E-state index is 0.0854. The van der Waals surface area contributed by atoms with Crippen molar-refractivity contribution in [1.29, 1.82) is 0 Å². The average molecular weight is 241 g/mol. The van der Waals surface area contributed by atoms with Gasteiger partial charge in [-0.2, -0.15) is 0 Å². The topological polar surface area (TPSA) is 39.2 Å². The molecule has 2 heterocycles. The van der Waals surface area contributed by atoms with Crippen LogP contribution < -0.4 is 0 Å². The number of pyridine rings is 1. The Hall–Kier alpha value is -1.74. The van der Waals surface area contributed by atoms with E-state index in [1.807, 2.05) is 30.3 Å². The molecule has 92 valence electrons. The van der Waals surface area contributed by atoms with E-state index in [4.69, 9.17) is 4.74 Å². The highest BCUT2D eigenvalue weighted by Crippen LogP contribution is 2.20. The molecule has 2 aromatic rings. The van der Waals surface area contributed by atoms with E-state index in [0.717, 1.165) is 30.2 Å². The molecule has 3 nitrogen and oxygen atoms in total. The summed E-state index contributed by atoms with van der Waals surface area (Å²) in [6.45, 7) is 0.697. The van der Waals surface area contributed by atoms with Gasteiger partial charge in [-0.15, -0.1) is 0 Å². The van der Waals surface area contributed by atoms with Crippen LogP contribution in [0.2, 0.25) is 0 Å². The van der Waals surface area contributed by atoms with Crippen molar-refractivity contribution in [3.8, 4) is 0 Å². The van der Waals surface area contributed by atoms with Gasteiger partial charge in [0.1, 0.15) is 6.10 Å². The van der Waals surface area contributed by atoms with Gasteiger partial charge in [0.2, 0.25) is 0 Å². The van der Waals surface area contributed by atoms with Crippen LogP contribution in [0.1, 0.15) is 29.6 Å². The predicted octanol–water partition coefficient (Wildman–Crippen LogP) is 2.99. The molecule has 1 atom stereocenters. The quantitative estimate of drug-likeness (QED) is 0.759. The van der Waals surface area contributed by atoms with Crippen LogP contribution in [0.25, 0.3) is 10.9 Å². The van der Waals surface area contributed by atoms with E-state index in [0.29, 0.717) is 12.2 Å². The molecule has 1 saturated heterocycles. The van der Waals surface area contributed by atoms with Gasteiger partial charge >= 0.3 is 0 Å². The summed E-state index contributed by atoms with van der Waals surface area (Å²) in [6.07, 6.45) is 4.44. The maximum atomic E-state index is 12.3. The van der Waals surface area contributed by atoms with Crippen molar-refractivity contribution in [2.45, 2.75) is 25.4 Å². The second-order valence-corrected chi connectivity index (χ2v) is 4.63. The van der Waals surface area contributed by atoms with Gasteiger partial charge < -0.3 is 4.74 Å². The number of hydrogen-bond donors (Lipinski definition) is 0. The number of rotatable bonds is 2. The van der Waals surface area contributed by atoms with Crippen LogP contribution in [0.3, 0.4) is 0 Å². The van der Waals surface area contributed by atoms with Gasteiger partial charge in [-0.1, -0.05) is 18.2 Å².